The molecule has 0 aliphatic carbocycles. The Balaban J connectivity index is 2.22. The Kier molecular flexibility index (Phi) is 3.60. The number of carbonyl (C=O) groups excluding carboxylic acids is 1. The van der Waals surface area contributed by atoms with Crippen LogP contribution in [0.2, 0.25) is 0 Å². The fourth-order valence-electron chi connectivity index (χ4n) is 2.59. The number of carbonyl (C=O) groups is 2. The molecule has 1 saturated heterocycles. The molecule has 19 heavy (non-hydrogen) atoms. The molecule has 1 aromatic carbocycles. The van der Waals surface area contributed by atoms with E-state index in [0.29, 0.717) is 18.7 Å². The molecule has 1 fully saturated rings. The highest BCUT2D eigenvalue weighted by atomic mass is 16.4. The van der Waals surface area contributed by atoms with Crippen molar-refractivity contribution in [3.05, 3.63) is 34.9 Å². The van der Waals surface area contributed by atoms with Crippen molar-refractivity contribution in [2.24, 2.45) is 11.8 Å². The van der Waals surface area contributed by atoms with Crippen molar-refractivity contribution in [3.63, 3.8) is 0 Å². The van der Waals surface area contributed by atoms with Crippen LogP contribution in [0.25, 0.3) is 0 Å². The van der Waals surface area contributed by atoms with Gasteiger partial charge in [-0.2, -0.15) is 0 Å². The molecule has 0 spiro atoms. The normalized spacial score (nSPS) is 22.6. The molecule has 2 atom stereocenters. The lowest BCUT2D eigenvalue weighted by molar-refractivity contribution is -0.142. The van der Waals surface area contributed by atoms with Crippen LogP contribution in [0.15, 0.2) is 18.2 Å². The number of likely N-dealkylation sites (tertiary alicyclic amines) is 1. The van der Waals surface area contributed by atoms with Gasteiger partial charge in [0.05, 0.1) is 5.92 Å². The van der Waals surface area contributed by atoms with Gasteiger partial charge in [-0.05, 0) is 31.4 Å². The van der Waals surface area contributed by atoms with Crippen molar-refractivity contribution in [2.75, 3.05) is 13.1 Å². The van der Waals surface area contributed by atoms with E-state index in [9.17, 15) is 9.59 Å². The zero-order valence-corrected chi connectivity index (χ0v) is 11.5. The molecule has 4 nitrogen and oxygen atoms in total. The zero-order valence-electron chi connectivity index (χ0n) is 11.5. The van der Waals surface area contributed by atoms with Gasteiger partial charge >= 0.3 is 5.97 Å². The largest absolute Gasteiger partial charge is 0.481 e. The van der Waals surface area contributed by atoms with Crippen LogP contribution in [0, 0.1) is 25.7 Å². The molecule has 4 heteroatoms. The maximum atomic E-state index is 12.5. The molecule has 0 aromatic heterocycles. The molecule has 1 heterocycles. The standard InChI is InChI=1S/C15H19NO3/c1-9-4-5-10(2)12(6-9)14(17)16-7-11(3)13(8-16)15(18)19/h4-6,11,13H,7-8H2,1-3H3,(H,18,19). The Morgan fingerprint density at radius 1 is 1.26 bits per heavy atom. The first-order chi connectivity index (χ1) is 8.90. The van der Waals surface area contributed by atoms with Crippen molar-refractivity contribution >= 4 is 11.9 Å². The molecule has 1 aliphatic rings. The van der Waals surface area contributed by atoms with Crippen LogP contribution >= 0.6 is 0 Å². The average molecular weight is 261 g/mol. The lowest BCUT2D eigenvalue weighted by Crippen LogP contribution is -2.30. The van der Waals surface area contributed by atoms with Crippen LogP contribution in [-0.4, -0.2) is 35.0 Å². The average Bonchev–Trinajstić information content (AvgIpc) is 2.74. The van der Waals surface area contributed by atoms with E-state index >= 15 is 0 Å². The third kappa shape index (κ3) is 2.62. The fraction of sp³-hybridized carbons (Fsp3) is 0.467. The first-order valence-electron chi connectivity index (χ1n) is 6.49. The minimum atomic E-state index is -0.816. The lowest BCUT2D eigenvalue weighted by atomic mass is 9.99. The minimum absolute atomic E-state index is 0.00608. The van der Waals surface area contributed by atoms with E-state index < -0.39 is 11.9 Å². The highest BCUT2D eigenvalue weighted by Gasteiger charge is 2.37. The van der Waals surface area contributed by atoms with Crippen molar-refractivity contribution < 1.29 is 14.7 Å². The summed E-state index contributed by atoms with van der Waals surface area (Å²) in [6, 6.07) is 5.77. The monoisotopic (exact) mass is 261 g/mol. The van der Waals surface area contributed by atoms with Gasteiger partial charge in [0.2, 0.25) is 0 Å². The van der Waals surface area contributed by atoms with Gasteiger partial charge in [-0.1, -0.05) is 24.6 Å². The summed E-state index contributed by atoms with van der Waals surface area (Å²) < 4.78 is 0. The maximum Gasteiger partial charge on any atom is 0.308 e. The quantitative estimate of drug-likeness (QED) is 0.887. The molecule has 1 aromatic rings. The number of hydrogen-bond acceptors (Lipinski definition) is 2. The first kappa shape index (κ1) is 13.6. The highest BCUT2D eigenvalue weighted by Crippen LogP contribution is 2.25. The van der Waals surface area contributed by atoms with E-state index in [1.54, 1.807) is 4.90 Å². The Morgan fingerprint density at radius 2 is 1.95 bits per heavy atom. The molecule has 1 N–H and O–H groups in total. The summed E-state index contributed by atoms with van der Waals surface area (Å²) in [5.41, 5.74) is 2.65. The van der Waals surface area contributed by atoms with E-state index in [1.165, 1.54) is 0 Å². The van der Waals surface area contributed by atoms with Gasteiger partial charge in [-0.15, -0.1) is 0 Å². The number of nitrogens with zero attached hydrogens (tertiary/aromatic N) is 1. The molecule has 2 unspecified atom stereocenters. The molecule has 1 aliphatic heterocycles. The van der Waals surface area contributed by atoms with E-state index in [2.05, 4.69) is 0 Å². The van der Waals surface area contributed by atoms with E-state index in [4.69, 9.17) is 5.11 Å². The molecule has 102 valence electrons. The fourth-order valence-corrected chi connectivity index (χ4v) is 2.59. The number of carboxylic acids is 1. The summed E-state index contributed by atoms with van der Waals surface area (Å²) in [5.74, 6) is -1.32. The molecule has 1 amide bonds. The SMILES string of the molecule is Cc1ccc(C)c(C(=O)N2CC(C)C(C(=O)O)C2)c1. The second-order valence-electron chi connectivity index (χ2n) is 5.45. The third-order valence-electron chi connectivity index (χ3n) is 3.84. The summed E-state index contributed by atoms with van der Waals surface area (Å²) in [7, 11) is 0. The third-order valence-corrected chi connectivity index (χ3v) is 3.84. The molecule has 0 bridgehead atoms. The van der Waals surface area contributed by atoms with E-state index in [0.717, 1.165) is 11.1 Å². The Morgan fingerprint density at radius 3 is 2.53 bits per heavy atom. The summed E-state index contributed by atoms with van der Waals surface area (Å²) in [6.45, 7) is 6.56. The van der Waals surface area contributed by atoms with Gasteiger partial charge < -0.3 is 10.0 Å². The second-order valence-corrected chi connectivity index (χ2v) is 5.45. The number of amides is 1. The van der Waals surface area contributed by atoms with Gasteiger partial charge in [-0.3, -0.25) is 9.59 Å². The van der Waals surface area contributed by atoms with Crippen LogP contribution in [0.5, 0.6) is 0 Å². The van der Waals surface area contributed by atoms with Gasteiger partial charge in [0, 0.05) is 18.7 Å². The molecular formula is C15H19NO3. The Bertz CT molecular complexity index is 524. The van der Waals surface area contributed by atoms with Crippen molar-refractivity contribution in [1.29, 1.82) is 0 Å². The van der Waals surface area contributed by atoms with E-state index in [-0.39, 0.29) is 11.8 Å². The van der Waals surface area contributed by atoms with Gasteiger partial charge in [0.15, 0.2) is 0 Å². The summed E-state index contributed by atoms with van der Waals surface area (Å²) in [4.78, 5) is 25.2. The maximum absolute atomic E-state index is 12.5. The predicted octanol–water partition coefficient (Wildman–Crippen LogP) is 2.10. The predicted molar refractivity (Wildman–Crippen MR) is 72.1 cm³/mol. The minimum Gasteiger partial charge on any atom is -0.481 e. The molecule has 2 rings (SSSR count). The highest BCUT2D eigenvalue weighted by molar-refractivity contribution is 5.96. The van der Waals surface area contributed by atoms with Crippen LogP contribution in [-0.2, 0) is 4.79 Å². The number of hydrogen-bond donors (Lipinski definition) is 1. The first-order valence-corrected chi connectivity index (χ1v) is 6.49. The van der Waals surface area contributed by atoms with Gasteiger partial charge in [0.25, 0.3) is 5.91 Å². The summed E-state index contributed by atoms with van der Waals surface area (Å²) >= 11 is 0. The van der Waals surface area contributed by atoms with Gasteiger partial charge in [0.1, 0.15) is 0 Å². The zero-order chi connectivity index (χ0) is 14.2. The summed E-state index contributed by atoms with van der Waals surface area (Å²) in [6.07, 6.45) is 0. The van der Waals surface area contributed by atoms with E-state index in [1.807, 2.05) is 39.0 Å². The second kappa shape index (κ2) is 5.03. The molecule has 0 radical (unpaired) electrons. The number of carboxylic acid groups (broad SMARTS) is 1. The van der Waals surface area contributed by atoms with Crippen molar-refractivity contribution in [2.45, 2.75) is 20.8 Å². The number of aliphatic carboxylic acids is 1. The number of rotatable bonds is 2. The Hall–Kier alpha value is -1.84. The Labute approximate surface area is 113 Å². The van der Waals surface area contributed by atoms with Crippen LogP contribution < -0.4 is 0 Å². The van der Waals surface area contributed by atoms with Gasteiger partial charge in [-0.25, -0.2) is 0 Å². The lowest BCUT2D eigenvalue weighted by Gasteiger charge is -2.17. The molecule has 0 saturated carbocycles. The number of aryl methyl sites for hydroxylation is 2. The van der Waals surface area contributed by atoms with Crippen molar-refractivity contribution in [3.8, 4) is 0 Å². The number of benzene rings is 1. The summed E-state index contributed by atoms with van der Waals surface area (Å²) in [5, 5.41) is 9.11. The smallest absolute Gasteiger partial charge is 0.308 e. The van der Waals surface area contributed by atoms with Crippen LogP contribution in [0.1, 0.15) is 28.4 Å². The van der Waals surface area contributed by atoms with Crippen LogP contribution in [0.4, 0.5) is 0 Å². The van der Waals surface area contributed by atoms with Crippen molar-refractivity contribution in [1.82, 2.24) is 4.90 Å². The topological polar surface area (TPSA) is 57.6 Å². The van der Waals surface area contributed by atoms with Crippen LogP contribution in [0.3, 0.4) is 0 Å². The molecular weight excluding hydrogens is 242 g/mol.